The molecule has 0 saturated heterocycles. The van der Waals surface area contributed by atoms with E-state index < -0.39 is 11.6 Å². The van der Waals surface area contributed by atoms with Crippen molar-refractivity contribution in [3.8, 4) is 0 Å². The first kappa shape index (κ1) is 14.2. The van der Waals surface area contributed by atoms with Crippen molar-refractivity contribution in [2.24, 2.45) is 0 Å². The summed E-state index contributed by atoms with van der Waals surface area (Å²) < 4.78 is 27.5. The summed E-state index contributed by atoms with van der Waals surface area (Å²) in [7, 11) is 1.71. The Morgan fingerprint density at radius 3 is 2.55 bits per heavy atom. The molecule has 1 aromatic heterocycles. The van der Waals surface area contributed by atoms with Gasteiger partial charge in [-0.15, -0.1) is 0 Å². The molecule has 20 heavy (non-hydrogen) atoms. The van der Waals surface area contributed by atoms with E-state index in [1.54, 1.807) is 11.9 Å². The van der Waals surface area contributed by atoms with Crippen molar-refractivity contribution >= 4 is 17.3 Å². The number of aryl methyl sites for hydroxylation is 1. The van der Waals surface area contributed by atoms with E-state index in [1.807, 2.05) is 38.1 Å². The van der Waals surface area contributed by atoms with Gasteiger partial charge in [-0.05, 0) is 25.5 Å². The van der Waals surface area contributed by atoms with Crippen molar-refractivity contribution in [2.45, 2.75) is 13.8 Å². The quantitative estimate of drug-likeness (QED) is 0.919. The molecule has 1 aromatic carbocycles. The number of nitrogens with zero attached hydrogens (tertiary/aromatic N) is 2. The van der Waals surface area contributed by atoms with Crippen molar-refractivity contribution in [3.05, 3.63) is 47.5 Å². The fraction of sp³-hybridized carbons (Fsp3) is 0.267. The van der Waals surface area contributed by atoms with Crippen LogP contribution in [0.2, 0.25) is 0 Å². The van der Waals surface area contributed by atoms with Crippen molar-refractivity contribution in [1.29, 1.82) is 0 Å². The maximum Gasteiger partial charge on any atom is 0.171 e. The molecule has 5 heteroatoms. The van der Waals surface area contributed by atoms with Crippen LogP contribution in [0.25, 0.3) is 0 Å². The van der Waals surface area contributed by atoms with Gasteiger partial charge in [-0.25, -0.2) is 13.8 Å². The van der Waals surface area contributed by atoms with Gasteiger partial charge in [0.05, 0.1) is 0 Å². The fourth-order valence-corrected chi connectivity index (χ4v) is 2.04. The van der Waals surface area contributed by atoms with Crippen LogP contribution >= 0.6 is 0 Å². The number of nitrogens with one attached hydrogen (secondary N) is 1. The van der Waals surface area contributed by atoms with E-state index in [1.165, 1.54) is 0 Å². The van der Waals surface area contributed by atoms with E-state index in [0.29, 0.717) is 6.54 Å². The average Bonchev–Trinajstić information content (AvgIpc) is 2.42. The summed E-state index contributed by atoms with van der Waals surface area (Å²) in [5.41, 5.74) is 1.82. The topological polar surface area (TPSA) is 28.2 Å². The predicted octanol–water partition coefficient (Wildman–Crippen LogP) is 3.87. The number of rotatable bonds is 4. The van der Waals surface area contributed by atoms with E-state index in [4.69, 9.17) is 0 Å². The molecule has 1 heterocycles. The molecule has 0 aliphatic rings. The van der Waals surface area contributed by atoms with Gasteiger partial charge in [0.1, 0.15) is 0 Å². The van der Waals surface area contributed by atoms with Crippen molar-refractivity contribution in [3.63, 3.8) is 0 Å². The minimum absolute atomic E-state index is 0.0596. The van der Waals surface area contributed by atoms with E-state index in [2.05, 4.69) is 10.3 Å². The Morgan fingerprint density at radius 2 is 1.90 bits per heavy atom. The second kappa shape index (κ2) is 5.86. The Bertz CT molecular complexity index is 614. The van der Waals surface area contributed by atoms with Crippen molar-refractivity contribution < 1.29 is 8.78 Å². The number of hydrogen-bond donors (Lipinski definition) is 1. The first-order valence-corrected chi connectivity index (χ1v) is 6.43. The summed E-state index contributed by atoms with van der Waals surface area (Å²) in [5, 5.41) is 2.78. The van der Waals surface area contributed by atoms with Gasteiger partial charge in [0.15, 0.2) is 23.3 Å². The van der Waals surface area contributed by atoms with Gasteiger partial charge in [0, 0.05) is 25.3 Å². The monoisotopic (exact) mass is 277 g/mol. The Hall–Kier alpha value is -2.17. The molecule has 0 aliphatic carbocycles. The molecule has 3 nitrogen and oxygen atoms in total. The van der Waals surface area contributed by atoms with Gasteiger partial charge in [-0.1, -0.05) is 18.2 Å². The zero-order chi connectivity index (χ0) is 14.7. The van der Waals surface area contributed by atoms with Crippen LogP contribution in [0.4, 0.5) is 26.1 Å². The van der Waals surface area contributed by atoms with E-state index in [0.717, 1.165) is 17.3 Å². The van der Waals surface area contributed by atoms with Gasteiger partial charge in [0.25, 0.3) is 0 Å². The normalized spacial score (nSPS) is 10.4. The van der Waals surface area contributed by atoms with E-state index in [9.17, 15) is 8.78 Å². The number of benzene rings is 1. The number of halogens is 2. The van der Waals surface area contributed by atoms with Gasteiger partial charge in [-0.3, -0.25) is 0 Å². The van der Waals surface area contributed by atoms with Crippen molar-refractivity contribution in [2.75, 3.05) is 23.8 Å². The van der Waals surface area contributed by atoms with Gasteiger partial charge < -0.3 is 10.2 Å². The summed E-state index contributed by atoms with van der Waals surface area (Å²) in [5.74, 6) is -1.22. The van der Waals surface area contributed by atoms with Crippen LogP contribution in [-0.2, 0) is 0 Å². The lowest BCUT2D eigenvalue weighted by Gasteiger charge is -2.21. The summed E-state index contributed by atoms with van der Waals surface area (Å²) in [6.45, 7) is 4.27. The summed E-state index contributed by atoms with van der Waals surface area (Å²) in [6, 6.07) is 8.43. The minimum Gasteiger partial charge on any atom is -0.368 e. The highest BCUT2D eigenvalue weighted by atomic mass is 19.1. The number of para-hydroxylation sites is 1. The Labute approximate surface area is 117 Å². The number of hydrogen-bond acceptors (Lipinski definition) is 3. The van der Waals surface area contributed by atoms with Gasteiger partial charge in [-0.2, -0.15) is 0 Å². The number of aromatic nitrogens is 1. The SMILES string of the molecule is CCNc1nc(N(C)c2ccccc2C)c(F)cc1F. The standard InChI is InChI=1S/C15H17F2N3/c1-4-18-14-11(16)9-12(17)15(19-14)20(3)13-8-6-5-7-10(13)2/h5-9H,4H2,1-3H3,(H,18,19). The number of pyridine rings is 1. The second-order valence-electron chi connectivity index (χ2n) is 4.50. The molecule has 0 amide bonds. The summed E-state index contributed by atoms with van der Waals surface area (Å²) >= 11 is 0. The van der Waals surface area contributed by atoms with Gasteiger partial charge >= 0.3 is 0 Å². The zero-order valence-electron chi connectivity index (χ0n) is 11.7. The molecule has 106 valence electrons. The largest absolute Gasteiger partial charge is 0.368 e. The lowest BCUT2D eigenvalue weighted by Crippen LogP contribution is -2.16. The van der Waals surface area contributed by atoms with Crippen LogP contribution in [-0.4, -0.2) is 18.6 Å². The highest BCUT2D eigenvalue weighted by Gasteiger charge is 2.16. The predicted molar refractivity (Wildman–Crippen MR) is 77.6 cm³/mol. The molecule has 0 unspecified atom stereocenters. The maximum absolute atomic E-state index is 14.0. The maximum atomic E-state index is 14.0. The smallest absolute Gasteiger partial charge is 0.171 e. The lowest BCUT2D eigenvalue weighted by molar-refractivity contribution is 0.576. The van der Waals surface area contributed by atoms with Crippen LogP contribution < -0.4 is 10.2 Å². The minimum atomic E-state index is -0.689. The Balaban J connectivity index is 2.46. The molecule has 0 radical (unpaired) electrons. The Morgan fingerprint density at radius 1 is 1.20 bits per heavy atom. The van der Waals surface area contributed by atoms with Crippen LogP contribution in [0, 0.1) is 18.6 Å². The molecule has 2 rings (SSSR count). The third kappa shape index (κ3) is 2.71. The lowest BCUT2D eigenvalue weighted by atomic mass is 10.2. The summed E-state index contributed by atoms with van der Waals surface area (Å²) in [6.07, 6.45) is 0. The number of anilines is 3. The first-order valence-electron chi connectivity index (χ1n) is 6.43. The van der Waals surface area contributed by atoms with Crippen LogP contribution in [0.5, 0.6) is 0 Å². The molecule has 0 fully saturated rings. The summed E-state index contributed by atoms with van der Waals surface area (Å²) in [4.78, 5) is 5.66. The van der Waals surface area contributed by atoms with Crippen LogP contribution in [0.3, 0.4) is 0 Å². The molecule has 0 saturated carbocycles. The van der Waals surface area contributed by atoms with Crippen LogP contribution in [0.1, 0.15) is 12.5 Å². The third-order valence-corrected chi connectivity index (χ3v) is 3.05. The van der Waals surface area contributed by atoms with E-state index >= 15 is 0 Å². The zero-order valence-corrected chi connectivity index (χ0v) is 11.7. The first-order chi connectivity index (χ1) is 9.54. The second-order valence-corrected chi connectivity index (χ2v) is 4.50. The van der Waals surface area contributed by atoms with Crippen LogP contribution in [0.15, 0.2) is 30.3 Å². The molecule has 1 N–H and O–H groups in total. The molecule has 2 aromatic rings. The average molecular weight is 277 g/mol. The molecule has 0 atom stereocenters. The molecule has 0 spiro atoms. The fourth-order valence-electron chi connectivity index (χ4n) is 2.04. The Kier molecular flexibility index (Phi) is 4.17. The third-order valence-electron chi connectivity index (χ3n) is 3.05. The highest BCUT2D eigenvalue weighted by molar-refractivity contribution is 5.64. The highest BCUT2D eigenvalue weighted by Crippen LogP contribution is 2.29. The molecular weight excluding hydrogens is 260 g/mol. The van der Waals surface area contributed by atoms with Crippen molar-refractivity contribution in [1.82, 2.24) is 4.98 Å². The van der Waals surface area contributed by atoms with Gasteiger partial charge in [0.2, 0.25) is 0 Å². The molecular formula is C15H17F2N3. The molecule has 0 bridgehead atoms. The molecule has 0 aliphatic heterocycles. The van der Waals surface area contributed by atoms with E-state index in [-0.39, 0.29) is 11.6 Å².